The van der Waals surface area contributed by atoms with E-state index in [0.717, 1.165) is 83.4 Å². The highest BCUT2D eigenvalue weighted by molar-refractivity contribution is 6.03. The molecule has 5 aromatic rings. The zero-order chi connectivity index (χ0) is 45.9. The Morgan fingerprint density at radius 1 is 1.00 bits per heavy atom. The van der Waals surface area contributed by atoms with Crippen molar-refractivity contribution in [1.82, 2.24) is 44.0 Å². The summed E-state index contributed by atoms with van der Waals surface area (Å²) in [7, 11) is 3.88. The molecule has 6 heterocycles. The number of benzene rings is 1. The van der Waals surface area contributed by atoms with Gasteiger partial charge in [-0.25, -0.2) is 23.5 Å². The van der Waals surface area contributed by atoms with Gasteiger partial charge in [0, 0.05) is 64.0 Å². The van der Waals surface area contributed by atoms with Crippen LogP contribution in [0, 0.1) is 29.6 Å². The Morgan fingerprint density at radius 3 is 2.50 bits per heavy atom. The number of aromatic nitrogens is 6. The monoisotopic (exact) mass is 905 g/mol. The van der Waals surface area contributed by atoms with Gasteiger partial charge in [-0.1, -0.05) is 17.9 Å². The quantitative estimate of drug-likeness (QED) is 0.0784. The summed E-state index contributed by atoms with van der Waals surface area (Å²) in [5, 5.41) is 12.5. The number of pyridine rings is 1. The lowest BCUT2D eigenvalue weighted by Gasteiger charge is -2.35. The van der Waals surface area contributed by atoms with Gasteiger partial charge in [-0.05, 0) is 120 Å². The number of carbonyl (C=O) groups is 3. The van der Waals surface area contributed by atoms with Crippen LogP contribution in [0.4, 0.5) is 20.3 Å². The molecule has 0 spiro atoms. The average molecular weight is 906 g/mol. The van der Waals surface area contributed by atoms with Gasteiger partial charge >= 0.3 is 5.69 Å². The number of nitrogens with zero attached hydrogens (tertiary/aromatic N) is 8. The van der Waals surface area contributed by atoms with Crippen molar-refractivity contribution in [3.05, 3.63) is 76.4 Å². The van der Waals surface area contributed by atoms with Gasteiger partial charge in [0.15, 0.2) is 11.4 Å². The number of carbonyl (C=O) groups excluding carboxylic acids is 3. The Balaban J connectivity index is 0.709. The van der Waals surface area contributed by atoms with Crippen molar-refractivity contribution in [3.8, 4) is 23.3 Å². The molecule has 3 N–H and O–H groups in total. The Kier molecular flexibility index (Phi) is 13.4. The molecular weight excluding hydrogens is 849 g/mol. The van der Waals surface area contributed by atoms with E-state index >= 15 is 0 Å². The SMILES string of the molecule is CN(CC1CCN(CCC#Cc2cccc3c2n(C)c(=O)n3C2CCC(=O)NC2=O)CC1)C[C@H]1CC[C@H](n2cc(NC(=O)c3coc(-c4ccnc(NCC5CC5)c4)n3)c(C(F)F)n2)CC1. The van der Waals surface area contributed by atoms with Gasteiger partial charge in [0.2, 0.25) is 17.7 Å². The fourth-order valence-electron chi connectivity index (χ4n) is 9.86. The van der Waals surface area contributed by atoms with Crippen LogP contribution in [-0.4, -0.2) is 103 Å². The number of para-hydroxylation sites is 1. The number of likely N-dealkylation sites (tertiary alicyclic amines) is 1. The third-order valence-electron chi connectivity index (χ3n) is 13.7. The van der Waals surface area contributed by atoms with Crippen molar-refractivity contribution >= 4 is 40.3 Å². The molecule has 9 rings (SSSR count). The number of anilines is 2. The first kappa shape index (κ1) is 45.0. The summed E-state index contributed by atoms with van der Waals surface area (Å²) in [6, 6.07) is 8.33. The Morgan fingerprint density at radius 2 is 1.76 bits per heavy atom. The molecule has 1 unspecified atom stereocenters. The molecule has 1 atom stereocenters. The molecule has 0 radical (unpaired) electrons. The van der Waals surface area contributed by atoms with Crippen LogP contribution in [0.5, 0.6) is 0 Å². The first-order valence-corrected chi connectivity index (χ1v) is 23.2. The summed E-state index contributed by atoms with van der Waals surface area (Å²) in [5.41, 5.74) is 1.88. The lowest BCUT2D eigenvalue weighted by molar-refractivity contribution is -0.135. The number of alkyl halides is 2. The standard InChI is InChI=1S/C48H57F2N11O5/c1-57(27-32-18-22-59(23-19-32)21-4-3-6-33-7-5-8-38-43(33)58(2)48(65)61(38)39-15-16-41(62)55-46(39)64)26-31-11-13-35(14-12-31)60-28-36(42(56-60)44(49)50)53-45(63)37-29-66-47(54-37)34-17-20-51-40(24-34)52-25-30-9-10-30/h5,7-8,17,20,24,28-32,35,39,44H,4,9-16,18-19,21-23,25-27H2,1-2H3,(H,51,52)(H,53,63)(H,55,62,64)/t31-,35-,39?. The Hall–Kier alpha value is -6.19. The fourth-order valence-corrected chi connectivity index (χ4v) is 9.86. The van der Waals surface area contributed by atoms with Gasteiger partial charge in [0.1, 0.15) is 18.1 Å². The molecule has 4 fully saturated rings. The zero-order valence-electron chi connectivity index (χ0n) is 37.5. The van der Waals surface area contributed by atoms with E-state index in [-0.39, 0.29) is 47.8 Å². The average Bonchev–Trinajstić information content (AvgIpc) is 3.71. The maximum Gasteiger partial charge on any atom is 0.329 e. The van der Waals surface area contributed by atoms with Crippen LogP contribution >= 0.6 is 0 Å². The van der Waals surface area contributed by atoms with Crippen molar-refractivity contribution in [2.24, 2.45) is 24.8 Å². The minimum atomic E-state index is -2.86. The molecule has 4 aromatic heterocycles. The molecule has 1 aromatic carbocycles. The molecule has 2 saturated carbocycles. The maximum atomic E-state index is 14.2. The van der Waals surface area contributed by atoms with E-state index in [9.17, 15) is 28.0 Å². The van der Waals surface area contributed by atoms with E-state index in [1.165, 1.54) is 34.4 Å². The summed E-state index contributed by atoms with van der Waals surface area (Å²) in [5.74, 6) is 7.87. The van der Waals surface area contributed by atoms with E-state index in [2.05, 4.69) is 59.7 Å². The van der Waals surface area contributed by atoms with Crippen molar-refractivity contribution in [2.75, 3.05) is 56.9 Å². The number of imide groups is 1. The molecule has 3 amide bonds. The van der Waals surface area contributed by atoms with Gasteiger partial charge in [-0.3, -0.25) is 33.5 Å². The summed E-state index contributed by atoms with van der Waals surface area (Å²) in [6.07, 6.45) is 10.9. The van der Waals surface area contributed by atoms with Crippen molar-refractivity contribution in [2.45, 2.75) is 89.1 Å². The summed E-state index contributed by atoms with van der Waals surface area (Å²) < 4.78 is 38.6. The van der Waals surface area contributed by atoms with Gasteiger partial charge < -0.3 is 24.9 Å². The highest BCUT2D eigenvalue weighted by Crippen LogP contribution is 2.36. The smallest absolute Gasteiger partial charge is 0.329 e. The van der Waals surface area contributed by atoms with Gasteiger partial charge in [0.05, 0.1) is 28.3 Å². The number of aryl methyl sites for hydroxylation is 1. The third kappa shape index (κ3) is 10.3. The molecule has 2 aliphatic carbocycles. The van der Waals surface area contributed by atoms with Crippen LogP contribution < -0.4 is 21.6 Å². The summed E-state index contributed by atoms with van der Waals surface area (Å²) >= 11 is 0. The normalized spacial score (nSPS) is 20.7. The molecule has 16 nitrogen and oxygen atoms in total. The van der Waals surface area contributed by atoms with Crippen LogP contribution in [0.2, 0.25) is 0 Å². The van der Waals surface area contributed by atoms with Crippen molar-refractivity contribution < 1.29 is 27.6 Å². The van der Waals surface area contributed by atoms with E-state index in [0.29, 0.717) is 46.6 Å². The number of fused-ring (bicyclic) bond motifs is 1. The number of hydrogen-bond donors (Lipinski definition) is 3. The predicted octanol–water partition coefficient (Wildman–Crippen LogP) is 6.39. The first-order chi connectivity index (χ1) is 32.0. The lowest BCUT2D eigenvalue weighted by Crippen LogP contribution is -2.44. The number of halogens is 2. The van der Waals surface area contributed by atoms with Crippen molar-refractivity contribution in [3.63, 3.8) is 0 Å². The van der Waals surface area contributed by atoms with E-state index in [1.54, 1.807) is 30.1 Å². The molecule has 18 heteroatoms. The molecule has 348 valence electrons. The molecule has 0 bridgehead atoms. The van der Waals surface area contributed by atoms with E-state index < -0.39 is 30.0 Å². The summed E-state index contributed by atoms with van der Waals surface area (Å²) in [6.45, 7) is 5.76. The first-order valence-electron chi connectivity index (χ1n) is 23.2. The fraction of sp³-hybridized carbons (Fsp3) is 0.521. The van der Waals surface area contributed by atoms with Gasteiger partial charge in [-0.15, -0.1) is 0 Å². The molecule has 4 aliphatic rings. The van der Waals surface area contributed by atoms with Crippen LogP contribution in [0.15, 0.2) is 58.2 Å². The molecular formula is C48H57F2N11O5. The maximum absolute atomic E-state index is 14.2. The topological polar surface area (TPSA) is 177 Å². The van der Waals surface area contributed by atoms with Crippen LogP contribution in [-0.2, 0) is 16.6 Å². The van der Waals surface area contributed by atoms with E-state index in [4.69, 9.17) is 4.42 Å². The van der Waals surface area contributed by atoms with E-state index in [1.807, 2.05) is 18.2 Å². The third-order valence-corrected chi connectivity index (χ3v) is 13.7. The molecule has 2 aliphatic heterocycles. The Bertz CT molecular complexity index is 2690. The highest BCUT2D eigenvalue weighted by atomic mass is 19.3. The van der Waals surface area contributed by atoms with Gasteiger partial charge in [-0.2, -0.15) is 5.10 Å². The minimum Gasteiger partial charge on any atom is -0.444 e. The summed E-state index contributed by atoms with van der Waals surface area (Å²) in [4.78, 5) is 64.4. The number of nitrogens with one attached hydrogen (secondary N) is 3. The molecule has 66 heavy (non-hydrogen) atoms. The minimum absolute atomic E-state index is 0.0241. The number of piperidine rings is 2. The predicted molar refractivity (Wildman–Crippen MR) is 244 cm³/mol. The second kappa shape index (κ2) is 19.7. The number of hydrogen-bond acceptors (Lipinski definition) is 11. The van der Waals surface area contributed by atoms with Crippen molar-refractivity contribution in [1.29, 1.82) is 0 Å². The second-order valence-corrected chi connectivity index (χ2v) is 18.5. The zero-order valence-corrected chi connectivity index (χ0v) is 37.5. The second-order valence-electron chi connectivity index (χ2n) is 18.5. The van der Waals surface area contributed by atoms with Crippen LogP contribution in [0.1, 0.15) is 111 Å². The number of oxazole rings is 1. The number of rotatable bonds is 15. The van der Waals surface area contributed by atoms with Gasteiger partial charge in [0.25, 0.3) is 12.3 Å². The largest absolute Gasteiger partial charge is 0.444 e. The number of amides is 3. The Labute approximate surface area is 381 Å². The highest BCUT2D eigenvalue weighted by Gasteiger charge is 2.32. The molecule has 2 saturated heterocycles. The van der Waals surface area contributed by atoms with Crippen LogP contribution in [0.3, 0.4) is 0 Å². The van der Waals surface area contributed by atoms with Crippen LogP contribution in [0.25, 0.3) is 22.5 Å². The number of imidazole rings is 1. The lowest BCUT2D eigenvalue weighted by atomic mass is 9.85.